The zero-order valence-electron chi connectivity index (χ0n) is 24.5. The maximum absolute atomic E-state index is 13.4. The van der Waals surface area contributed by atoms with Crippen molar-refractivity contribution in [2.24, 2.45) is 0 Å². The van der Waals surface area contributed by atoms with Crippen LogP contribution in [-0.4, -0.2) is 78.4 Å². The van der Waals surface area contributed by atoms with Crippen molar-refractivity contribution in [3.8, 4) is 17.0 Å². The van der Waals surface area contributed by atoms with E-state index in [1.165, 1.54) is 32.0 Å². The number of ether oxygens (including phenoxy) is 1. The summed E-state index contributed by atoms with van der Waals surface area (Å²) in [5, 5.41) is 10.3. The van der Waals surface area contributed by atoms with Gasteiger partial charge in [-0.3, -0.25) is 4.90 Å². The number of aromatic nitrogens is 1. The summed E-state index contributed by atoms with van der Waals surface area (Å²) in [6, 6.07) is 11.6. The first-order valence-corrected chi connectivity index (χ1v) is 16.3. The molecule has 9 heteroatoms. The molecule has 0 amide bonds. The third-order valence-electron chi connectivity index (χ3n) is 8.48. The van der Waals surface area contributed by atoms with Gasteiger partial charge in [0.25, 0.3) is 0 Å². The van der Waals surface area contributed by atoms with Gasteiger partial charge in [-0.15, -0.1) is 0 Å². The van der Waals surface area contributed by atoms with Crippen LogP contribution in [0, 0.1) is 6.92 Å². The number of carboxylic acids is 1. The lowest BCUT2D eigenvalue weighted by Gasteiger charge is -2.37. The van der Waals surface area contributed by atoms with E-state index in [1.807, 2.05) is 31.2 Å². The molecule has 1 N–H and O–H groups in total. The monoisotopic (exact) mass is 579 g/mol. The zero-order chi connectivity index (χ0) is 29.3. The zero-order valence-corrected chi connectivity index (χ0v) is 25.3. The quantitative estimate of drug-likeness (QED) is 0.352. The Morgan fingerprint density at radius 2 is 1.80 bits per heavy atom. The van der Waals surface area contributed by atoms with Crippen molar-refractivity contribution in [1.82, 2.24) is 14.8 Å². The second-order valence-electron chi connectivity index (χ2n) is 11.6. The van der Waals surface area contributed by atoms with Crippen LogP contribution < -0.4 is 4.74 Å². The summed E-state index contributed by atoms with van der Waals surface area (Å²) in [7, 11) is -3.75. The highest BCUT2D eigenvalue weighted by atomic mass is 32.2. The van der Waals surface area contributed by atoms with Gasteiger partial charge in [0, 0.05) is 35.2 Å². The number of likely N-dealkylation sites (tertiary alicyclic amines) is 2. The van der Waals surface area contributed by atoms with E-state index in [-0.39, 0.29) is 22.8 Å². The first-order chi connectivity index (χ1) is 19.6. The van der Waals surface area contributed by atoms with Crippen molar-refractivity contribution in [2.75, 3.05) is 32.8 Å². The van der Waals surface area contributed by atoms with Crippen molar-refractivity contribution in [1.29, 1.82) is 0 Å². The number of rotatable bonds is 9. The molecule has 0 bridgehead atoms. The molecule has 0 unspecified atom stereocenters. The molecule has 41 heavy (non-hydrogen) atoms. The molecule has 5 rings (SSSR count). The summed E-state index contributed by atoms with van der Waals surface area (Å²) in [5.74, 6) is -0.894. The number of aryl methyl sites for hydroxylation is 1. The number of carboxylic acid groups (broad SMARTS) is 1. The molecule has 3 heterocycles. The van der Waals surface area contributed by atoms with Crippen LogP contribution >= 0.6 is 0 Å². The Hall–Kier alpha value is -3.01. The van der Waals surface area contributed by atoms with Gasteiger partial charge in [-0.2, -0.15) is 0 Å². The number of aromatic carboxylic acids is 1. The first-order valence-electron chi connectivity index (χ1n) is 14.7. The van der Waals surface area contributed by atoms with Crippen LogP contribution in [0.3, 0.4) is 0 Å². The van der Waals surface area contributed by atoms with E-state index >= 15 is 0 Å². The highest BCUT2D eigenvalue weighted by Gasteiger charge is 2.31. The molecule has 220 valence electrons. The van der Waals surface area contributed by atoms with E-state index < -0.39 is 21.1 Å². The van der Waals surface area contributed by atoms with Crippen LogP contribution in [-0.2, 0) is 16.4 Å². The number of pyridine rings is 1. The van der Waals surface area contributed by atoms with Crippen LogP contribution in [0.15, 0.2) is 41.3 Å². The number of nitrogens with zero attached hydrogens (tertiary/aromatic N) is 3. The Morgan fingerprint density at radius 3 is 2.41 bits per heavy atom. The van der Waals surface area contributed by atoms with E-state index in [0.29, 0.717) is 34.7 Å². The Balaban J connectivity index is 1.67. The number of fused-ring (bicyclic) bond motifs is 1. The fourth-order valence-electron chi connectivity index (χ4n) is 6.26. The standard InChI is InChI=1S/C32H41N3O5S/c1-5-40-28-19-27-25(18-29(28)41(38,39)21(2)3)30(32(36)37)26(31(33-27)23-10-8-9-22(4)17-23)20-34-15-11-24(12-16-34)35-13-6-7-14-35/h8-10,17-19,21,24H,5-7,11-16,20H2,1-4H3,(H,36,37). The Bertz CT molecular complexity index is 1540. The van der Waals surface area contributed by atoms with Crippen LogP contribution in [0.1, 0.15) is 67.9 Å². The largest absolute Gasteiger partial charge is 0.492 e. The van der Waals surface area contributed by atoms with Crippen molar-refractivity contribution >= 4 is 26.7 Å². The summed E-state index contributed by atoms with van der Waals surface area (Å²) < 4.78 is 32.5. The Kier molecular flexibility index (Phi) is 8.68. The molecule has 2 saturated heterocycles. The predicted octanol–water partition coefficient (Wildman–Crippen LogP) is 5.55. The van der Waals surface area contributed by atoms with Gasteiger partial charge >= 0.3 is 5.97 Å². The number of piperidine rings is 1. The molecule has 2 aliphatic heterocycles. The van der Waals surface area contributed by atoms with Crippen molar-refractivity contribution in [3.05, 3.63) is 53.1 Å². The van der Waals surface area contributed by atoms with Gasteiger partial charge in [0.2, 0.25) is 0 Å². The summed E-state index contributed by atoms with van der Waals surface area (Å²) in [6.45, 7) is 11.8. The minimum absolute atomic E-state index is 0.00633. The van der Waals surface area contributed by atoms with E-state index in [1.54, 1.807) is 26.8 Å². The number of sulfone groups is 1. The molecule has 2 fully saturated rings. The lowest BCUT2D eigenvalue weighted by atomic mass is 9.94. The smallest absolute Gasteiger partial charge is 0.336 e. The Labute approximate surface area is 243 Å². The van der Waals surface area contributed by atoms with Gasteiger partial charge in [-0.25, -0.2) is 18.2 Å². The number of carbonyl (C=O) groups is 1. The summed E-state index contributed by atoms with van der Waals surface area (Å²) in [5.41, 5.74) is 3.63. The second-order valence-corrected chi connectivity index (χ2v) is 14.1. The molecule has 2 aliphatic rings. The SMILES string of the molecule is CCOc1cc2nc(-c3cccc(C)c3)c(CN3CCC(N4CCCC4)CC3)c(C(=O)O)c2cc1S(=O)(=O)C(C)C. The van der Waals surface area contributed by atoms with Gasteiger partial charge in [0.15, 0.2) is 9.84 Å². The molecule has 0 atom stereocenters. The van der Waals surface area contributed by atoms with Gasteiger partial charge in [0.1, 0.15) is 10.6 Å². The van der Waals surface area contributed by atoms with Crippen LogP contribution in [0.5, 0.6) is 5.75 Å². The summed E-state index contributed by atoms with van der Waals surface area (Å²) in [6.07, 6.45) is 4.64. The molecule has 3 aromatic rings. The number of hydrogen-bond acceptors (Lipinski definition) is 7. The molecule has 2 aromatic carbocycles. The third kappa shape index (κ3) is 5.98. The molecular weight excluding hydrogens is 538 g/mol. The predicted molar refractivity (Wildman–Crippen MR) is 161 cm³/mol. The number of benzene rings is 2. The minimum Gasteiger partial charge on any atom is -0.492 e. The van der Waals surface area contributed by atoms with Gasteiger partial charge in [0.05, 0.1) is 28.6 Å². The minimum atomic E-state index is -3.75. The van der Waals surface area contributed by atoms with E-state index in [9.17, 15) is 18.3 Å². The van der Waals surface area contributed by atoms with E-state index in [0.717, 1.165) is 37.1 Å². The Morgan fingerprint density at radius 1 is 1.10 bits per heavy atom. The lowest BCUT2D eigenvalue weighted by molar-refractivity contribution is 0.0695. The highest BCUT2D eigenvalue weighted by molar-refractivity contribution is 7.92. The average Bonchev–Trinajstić information content (AvgIpc) is 3.48. The van der Waals surface area contributed by atoms with Crippen molar-refractivity contribution < 1.29 is 23.1 Å². The van der Waals surface area contributed by atoms with Crippen LogP contribution in [0.25, 0.3) is 22.2 Å². The fraction of sp³-hybridized carbons (Fsp3) is 0.500. The van der Waals surface area contributed by atoms with Gasteiger partial charge in [-0.05, 0) is 91.7 Å². The van der Waals surface area contributed by atoms with Crippen LogP contribution in [0.4, 0.5) is 0 Å². The van der Waals surface area contributed by atoms with E-state index in [2.05, 4.69) is 9.80 Å². The van der Waals surface area contributed by atoms with Crippen molar-refractivity contribution in [3.63, 3.8) is 0 Å². The van der Waals surface area contributed by atoms with Gasteiger partial charge < -0.3 is 14.7 Å². The second kappa shape index (κ2) is 12.1. The molecule has 0 radical (unpaired) electrons. The maximum Gasteiger partial charge on any atom is 0.336 e. The molecule has 0 saturated carbocycles. The molecular formula is C32H41N3O5S. The van der Waals surface area contributed by atoms with E-state index in [4.69, 9.17) is 9.72 Å². The van der Waals surface area contributed by atoms with Gasteiger partial charge in [-0.1, -0.05) is 23.8 Å². The molecule has 1 aromatic heterocycles. The fourth-order valence-corrected chi connectivity index (χ4v) is 7.45. The molecule has 0 spiro atoms. The average molecular weight is 580 g/mol. The summed E-state index contributed by atoms with van der Waals surface area (Å²) >= 11 is 0. The van der Waals surface area contributed by atoms with Crippen LogP contribution in [0.2, 0.25) is 0 Å². The molecule has 0 aliphatic carbocycles. The topological polar surface area (TPSA) is 100 Å². The third-order valence-corrected chi connectivity index (χ3v) is 10.7. The lowest BCUT2D eigenvalue weighted by Crippen LogP contribution is -2.43. The van der Waals surface area contributed by atoms with Crippen molar-refractivity contribution in [2.45, 2.75) is 76.1 Å². The summed E-state index contributed by atoms with van der Waals surface area (Å²) in [4.78, 5) is 23.0. The molecule has 8 nitrogen and oxygen atoms in total. The highest BCUT2D eigenvalue weighted by Crippen LogP contribution is 2.38. The first kappa shape index (κ1) is 29.5. The number of hydrogen-bond donors (Lipinski definition) is 1. The maximum atomic E-state index is 13.4. The normalized spacial score (nSPS) is 17.5.